The predicted octanol–water partition coefficient (Wildman–Crippen LogP) is 8.47. The first-order valence-corrected chi connectivity index (χ1v) is 25.9. The molecule has 1 amide bonds. The van der Waals surface area contributed by atoms with Crippen LogP contribution < -0.4 is 4.90 Å². The lowest BCUT2D eigenvalue weighted by Crippen LogP contribution is -2.48. The van der Waals surface area contributed by atoms with Crippen LogP contribution in [0.25, 0.3) is 16.8 Å². The van der Waals surface area contributed by atoms with Gasteiger partial charge in [-0.3, -0.25) is 0 Å². The Morgan fingerprint density at radius 2 is 1.56 bits per heavy atom. The number of carbonyl (C=O) groups is 1. The summed E-state index contributed by atoms with van der Waals surface area (Å²) >= 11 is 2.23. The van der Waals surface area contributed by atoms with Gasteiger partial charge in [0.15, 0.2) is 5.65 Å². The fourth-order valence-corrected chi connectivity index (χ4v) is 8.28. The third-order valence-electron chi connectivity index (χ3n) is 9.08. The van der Waals surface area contributed by atoms with E-state index in [1.165, 1.54) is 0 Å². The minimum Gasteiger partial charge on any atom is -0.444 e. The molecule has 2 fully saturated rings. The number of rotatable bonds is 13. The lowest BCUT2D eigenvalue weighted by molar-refractivity contribution is 0.00569. The smallest absolute Gasteiger partial charge is 0.410 e. The monoisotopic (exact) mass is 806 g/mol. The number of ether oxygens (including phenoxy) is 3. The van der Waals surface area contributed by atoms with Crippen molar-refractivity contribution in [1.29, 1.82) is 0 Å². The van der Waals surface area contributed by atoms with Crippen LogP contribution in [-0.2, 0) is 14.2 Å². The lowest BCUT2D eigenvalue weighted by Gasteiger charge is -2.39. The van der Waals surface area contributed by atoms with E-state index in [0.29, 0.717) is 26.7 Å². The Morgan fingerprint density at radius 3 is 2.08 bits per heavy atom. The van der Waals surface area contributed by atoms with Gasteiger partial charge < -0.3 is 24.0 Å². The number of fused-ring (bicyclic) bond motifs is 3. The van der Waals surface area contributed by atoms with Crippen LogP contribution in [-0.4, -0.2) is 91.1 Å². The predicted molar refractivity (Wildman–Crippen MR) is 206 cm³/mol. The summed E-state index contributed by atoms with van der Waals surface area (Å²) in [6.45, 7) is 22.3. The topological polar surface area (TPSA) is 94.3 Å². The first kappa shape index (κ1) is 37.2. The molecule has 3 aromatic heterocycles. The van der Waals surface area contributed by atoms with Gasteiger partial charge in [-0.15, -0.1) is 0 Å². The minimum absolute atomic E-state index is 0.140. The van der Waals surface area contributed by atoms with Gasteiger partial charge in [0, 0.05) is 76.4 Å². The van der Waals surface area contributed by atoms with E-state index in [0.717, 1.165) is 69.8 Å². The molecule has 2 bridgehead atoms. The van der Waals surface area contributed by atoms with Crippen LogP contribution in [0.3, 0.4) is 0 Å². The number of hydrogen-bond donors (Lipinski definition) is 0. The first-order chi connectivity index (χ1) is 22.5. The standard InChI is InChI=1S/C35H55IN6O4Si2/c1-35(2,3)46-34(43)41-27-11-12-28(41)19-26(18-27)30-20-32(42-33(39-30)29(22-38-42)25-10-13-31(36)37-21-25)40(23-44-14-16-47(4,5)6)24-45-15-17-48(7,8)9/h10,13,20-22,26-28H,11-12,14-19,23-24H2,1-9H3/t26-,27+,28-. The highest BCUT2D eigenvalue weighted by atomic mass is 127. The maximum atomic E-state index is 13.2. The number of halogens is 1. The summed E-state index contributed by atoms with van der Waals surface area (Å²) in [5, 5.41) is 4.89. The fraction of sp³-hybridized carbons (Fsp3) is 0.657. The van der Waals surface area contributed by atoms with Gasteiger partial charge in [0.05, 0.1) is 6.20 Å². The molecule has 2 saturated heterocycles. The highest BCUT2D eigenvalue weighted by Crippen LogP contribution is 2.44. The number of nitrogens with zero attached hydrogens (tertiary/aromatic N) is 6. The van der Waals surface area contributed by atoms with Gasteiger partial charge >= 0.3 is 6.09 Å². The summed E-state index contributed by atoms with van der Waals surface area (Å²) in [5.41, 5.74) is 3.21. The second kappa shape index (κ2) is 15.0. The molecule has 0 unspecified atom stereocenters. The molecular formula is C35H55IN6O4Si2. The summed E-state index contributed by atoms with van der Waals surface area (Å²) in [4.78, 5) is 27.3. The lowest BCUT2D eigenvalue weighted by atomic mass is 9.88. The van der Waals surface area contributed by atoms with Crippen LogP contribution in [0.15, 0.2) is 30.6 Å². The van der Waals surface area contributed by atoms with Crippen molar-refractivity contribution >= 4 is 56.3 Å². The van der Waals surface area contributed by atoms with E-state index in [-0.39, 0.29) is 24.1 Å². The zero-order valence-corrected chi connectivity index (χ0v) is 34.5. The Bertz CT molecular complexity index is 1510. The number of amides is 1. The van der Waals surface area contributed by atoms with E-state index in [1.54, 1.807) is 0 Å². The van der Waals surface area contributed by atoms with Crippen molar-refractivity contribution in [3.63, 3.8) is 0 Å². The van der Waals surface area contributed by atoms with Crippen molar-refractivity contribution in [1.82, 2.24) is 24.5 Å². The Morgan fingerprint density at radius 1 is 0.958 bits per heavy atom. The third kappa shape index (κ3) is 9.79. The van der Waals surface area contributed by atoms with E-state index in [2.05, 4.69) is 83.9 Å². The molecule has 3 aromatic rings. The molecule has 2 aliphatic heterocycles. The van der Waals surface area contributed by atoms with Gasteiger partial charge in [-0.1, -0.05) is 45.3 Å². The Hall–Kier alpha value is -2.08. The second-order valence-electron chi connectivity index (χ2n) is 16.9. The molecule has 0 saturated carbocycles. The highest BCUT2D eigenvalue weighted by molar-refractivity contribution is 14.1. The molecule has 48 heavy (non-hydrogen) atoms. The Labute approximate surface area is 302 Å². The van der Waals surface area contributed by atoms with Gasteiger partial charge in [0.2, 0.25) is 0 Å². The average Bonchev–Trinajstić information content (AvgIpc) is 3.52. The van der Waals surface area contributed by atoms with Crippen molar-refractivity contribution in [3.05, 3.63) is 40.0 Å². The maximum absolute atomic E-state index is 13.2. The molecule has 13 heteroatoms. The average molecular weight is 807 g/mol. The molecule has 10 nitrogen and oxygen atoms in total. The summed E-state index contributed by atoms with van der Waals surface area (Å²) in [5.74, 6) is 1.10. The van der Waals surface area contributed by atoms with Crippen LogP contribution in [0.2, 0.25) is 51.4 Å². The molecule has 0 aromatic carbocycles. The quantitative estimate of drug-likeness (QED) is 0.0559. The van der Waals surface area contributed by atoms with Gasteiger partial charge in [0.1, 0.15) is 28.6 Å². The molecule has 0 aliphatic carbocycles. The number of hydrogen-bond acceptors (Lipinski definition) is 8. The molecule has 3 atom stereocenters. The zero-order chi connectivity index (χ0) is 34.9. The van der Waals surface area contributed by atoms with E-state index < -0.39 is 21.7 Å². The molecule has 0 radical (unpaired) electrons. The number of aromatic nitrogens is 4. The van der Waals surface area contributed by atoms with Crippen molar-refractivity contribution in [2.24, 2.45) is 0 Å². The molecule has 5 heterocycles. The summed E-state index contributed by atoms with van der Waals surface area (Å²) in [6.07, 6.45) is 7.28. The number of carbonyl (C=O) groups excluding carboxylic acids is 1. The van der Waals surface area contributed by atoms with E-state index >= 15 is 0 Å². The van der Waals surface area contributed by atoms with E-state index in [4.69, 9.17) is 24.3 Å². The van der Waals surface area contributed by atoms with Crippen molar-refractivity contribution in [3.8, 4) is 11.1 Å². The van der Waals surface area contributed by atoms with Crippen molar-refractivity contribution < 1.29 is 19.0 Å². The summed E-state index contributed by atoms with van der Waals surface area (Å²) < 4.78 is 21.4. The van der Waals surface area contributed by atoms with Crippen LogP contribution in [0, 0.1) is 3.70 Å². The molecule has 0 spiro atoms. The molecular weight excluding hydrogens is 751 g/mol. The fourth-order valence-electron chi connectivity index (χ4n) is 6.45. The molecule has 264 valence electrons. The van der Waals surface area contributed by atoms with Crippen molar-refractivity contribution in [2.75, 3.05) is 31.6 Å². The molecule has 0 N–H and O–H groups in total. The van der Waals surface area contributed by atoms with Crippen LogP contribution in [0.1, 0.15) is 58.1 Å². The van der Waals surface area contributed by atoms with Gasteiger partial charge in [-0.05, 0) is 87.2 Å². The van der Waals surface area contributed by atoms with E-state index in [1.807, 2.05) is 48.6 Å². The van der Waals surface area contributed by atoms with Gasteiger partial charge in [-0.25, -0.2) is 14.8 Å². The van der Waals surface area contributed by atoms with Gasteiger partial charge in [-0.2, -0.15) is 9.61 Å². The maximum Gasteiger partial charge on any atom is 0.410 e. The van der Waals surface area contributed by atoms with Gasteiger partial charge in [0.25, 0.3) is 0 Å². The third-order valence-corrected chi connectivity index (χ3v) is 13.1. The number of pyridine rings is 1. The normalized spacial score (nSPS) is 20.0. The first-order valence-electron chi connectivity index (χ1n) is 17.4. The number of anilines is 1. The SMILES string of the molecule is CC(C)(C)OC(=O)N1[C@@H]2CC[C@H]1C[C@@H](c1cc(N(COCC[Si](C)(C)C)COCC[Si](C)(C)C)n3ncc(-c4ccc(I)nc4)c3n1)C2. The summed E-state index contributed by atoms with van der Waals surface area (Å²) in [7, 11) is -2.50. The van der Waals surface area contributed by atoms with E-state index in [9.17, 15) is 4.79 Å². The second-order valence-corrected chi connectivity index (χ2v) is 29.2. The van der Waals surface area contributed by atoms with Crippen LogP contribution in [0.5, 0.6) is 0 Å². The molecule has 2 aliphatic rings. The minimum atomic E-state index is -1.25. The zero-order valence-electron chi connectivity index (χ0n) is 30.4. The van der Waals surface area contributed by atoms with Crippen molar-refractivity contribution in [2.45, 2.75) is 121 Å². The largest absolute Gasteiger partial charge is 0.444 e. The van der Waals surface area contributed by atoms with Crippen LogP contribution >= 0.6 is 22.6 Å². The molecule has 5 rings (SSSR count). The Kier molecular flexibility index (Phi) is 11.6. The van der Waals surface area contributed by atoms with Crippen LogP contribution in [0.4, 0.5) is 10.6 Å². The number of piperidine rings is 1. The Balaban J connectivity index is 1.50. The highest BCUT2D eigenvalue weighted by Gasteiger charge is 2.45. The summed E-state index contributed by atoms with van der Waals surface area (Å²) in [6, 6.07) is 8.75.